The molecular formula is C12H16N6O2. The van der Waals surface area contributed by atoms with E-state index in [0.717, 1.165) is 22.6 Å². The molecule has 0 saturated heterocycles. The summed E-state index contributed by atoms with van der Waals surface area (Å²) in [6, 6.07) is 0. The summed E-state index contributed by atoms with van der Waals surface area (Å²) in [6.07, 6.45) is 3.25. The fourth-order valence-electron chi connectivity index (χ4n) is 1.92. The SMILES string of the molecule is COc1c(C)cnc(Cn2cnc(C(N)=NO)n2)c1C. The van der Waals surface area contributed by atoms with Crippen LogP contribution in [0.5, 0.6) is 5.75 Å². The molecule has 0 atom stereocenters. The van der Waals surface area contributed by atoms with Crippen LogP contribution in [0.25, 0.3) is 0 Å². The summed E-state index contributed by atoms with van der Waals surface area (Å²) in [6.45, 7) is 4.30. The number of ether oxygens (including phenoxy) is 1. The Morgan fingerprint density at radius 3 is 2.85 bits per heavy atom. The average molecular weight is 276 g/mol. The van der Waals surface area contributed by atoms with Crippen molar-refractivity contribution in [2.24, 2.45) is 10.9 Å². The van der Waals surface area contributed by atoms with Crippen molar-refractivity contribution in [1.82, 2.24) is 19.7 Å². The largest absolute Gasteiger partial charge is 0.496 e. The van der Waals surface area contributed by atoms with Crippen molar-refractivity contribution in [1.29, 1.82) is 0 Å². The number of hydrogen-bond acceptors (Lipinski definition) is 6. The van der Waals surface area contributed by atoms with E-state index in [1.54, 1.807) is 18.0 Å². The first-order valence-corrected chi connectivity index (χ1v) is 5.93. The van der Waals surface area contributed by atoms with E-state index in [1.165, 1.54) is 6.33 Å². The van der Waals surface area contributed by atoms with E-state index in [1.807, 2.05) is 13.8 Å². The zero-order valence-electron chi connectivity index (χ0n) is 11.5. The van der Waals surface area contributed by atoms with Crippen LogP contribution in [0.2, 0.25) is 0 Å². The quantitative estimate of drug-likeness (QED) is 0.363. The smallest absolute Gasteiger partial charge is 0.219 e. The summed E-state index contributed by atoms with van der Waals surface area (Å²) in [4.78, 5) is 8.33. The van der Waals surface area contributed by atoms with Crippen LogP contribution in [0.15, 0.2) is 17.7 Å². The summed E-state index contributed by atoms with van der Waals surface area (Å²) in [7, 11) is 1.63. The average Bonchev–Trinajstić information content (AvgIpc) is 2.90. The Hall–Kier alpha value is -2.64. The summed E-state index contributed by atoms with van der Waals surface area (Å²) >= 11 is 0. The van der Waals surface area contributed by atoms with Crippen LogP contribution in [-0.2, 0) is 6.54 Å². The molecular weight excluding hydrogens is 260 g/mol. The number of hydrogen-bond donors (Lipinski definition) is 2. The number of amidine groups is 1. The van der Waals surface area contributed by atoms with E-state index in [4.69, 9.17) is 15.7 Å². The van der Waals surface area contributed by atoms with Gasteiger partial charge in [0.2, 0.25) is 11.7 Å². The van der Waals surface area contributed by atoms with Gasteiger partial charge in [0.05, 0.1) is 19.3 Å². The van der Waals surface area contributed by atoms with Gasteiger partial charge in [-0.15, -0.1) is 5.10 Å². The Bertz CT molecular complexity index is 649. The van der Waals surface area contributed by atoms with Crippen LogP contribution in [0, 0.1) is 13.8 Å². The van der Waals surface area contributed by atoms with Crippen LogP contribution < -0.4 is 10.5 Å². The monoisotopic (exact) mass is 276 g/mol. The second kappa shape index (κ2) is 5.55. The molecule has 0 amide bonds. The Kier molecular flexibility index (Phi) is 3.83. The van der Waals surface area contributed by atoms with E-state index in [-0.39, 0.29) is 11.7 Å². The van der Waals surface area contributed by atoms with Crippen LogP contribution >= 0.6 is 0 Å². The van der Waals surface area contributed by atoms with E-state index in [2.05, 4.69) is 20.2 Å². The number of nitrogens with zero attached hydrogens (tertiary/aromatic N) is 5. The molecule has 0 fully saturated rings. The second-order valence-electron chi connectivity index (χ2n) is 4.30. The molecule has 2 aromatic rings. The fourth-order valence-corrected chi connectivity index (χ4v) is 1.92. The van der Waals surface area contributed by atoms with E-state index < -0.39 is 0 Å². The maximum absolute atomic E-state index is 8.57. The predicted molar refractivity (Wildman–Crippen MR) is 71.9 cm³/mol. The number of methoxy groups -OCH3 is 1. The van der Waals surface area contributed by atoms with Crippen molar-refractivity contribution in [3.63, 3.8) is 0 Å². The van der Waals surface area contributed by atoms with Gasteiger partial charge < -0.3 is 15.7 Å². The van der Waals surface area contributed by atoms with Gasteiger partial charge in [-0.05, 0) is 13.8 Å². The molecule has 2 aromatic heterocycles. The molecule has 0 aliphatic rings. The molecule has 0 unspecified atom stereocenters. The van der Waals surface area contributed by atoms with Crippen molar-refractivity contribution >= 4 is 5.84 Å². The van der Waals surface area contributed by atoms with Crippen molar-refractivity contribution in [2.45, 2.75) is 20.4 Å². The highest BCUT2D eigenvalue weighted by Gasteiger charge is 2.12. The lowest BCUT2D eigenvalue weighted by molar-refractivity contribution is 0.318. The predicted octanol–water partition coefficient (Wildman–Crippen LogP) is 0.441. The number of rotatable bonds is 4. The maximum Gasteiger partial charge on any atom is 0.219 e. The fraction of sp³-hybridized carbons (Fsp3) is 0.333. The number of pyridine rings is 1. The third-order valence-corrected chi connectivity index (χ3v) is 2.93. The standard InChI is InChI=1S/C12H16N6O2/c1-7-4-14-9(8(2)10(7)20-3)5-18-6-15-12(16-18)11(13)17-19/h4,6,19H,5H2,1-3H3,(H2,13,17). The summed E-state index contributed by atoms with van der Waals surface area (Å²) in [5, 5.41) is 15.5. The minimum Gasteiger partial charge on any atom is -0.496 e. The lowest BCUT2D eigenvalue weighted by atomic mass is 10.1. The molecule has 20 heavy (non-hydrogen) atoms. The molecule has 2 heterocycles. The normalized spacial score (nSPS) is 11.7. The highest BCUT2D eigenvalue weighted by molar-refractivity contribution is 5.93. The van der Waals surface area contributed by atoms with Crippen LogP contribution in [0.4, 0.5) is 0 Å². The lowest BCUT2D eigenvalue weighted by Gasteiger charge is -2.11. The molecule has 106 valence electrons. The maximum atomic E-state index is 8.57. The Morgan fingerprint density at radius 2 is 2.20 bits per heavy atom. The molecule has 0 aliphatic heterocycles. The van der Waals surface area contributed by atoms with Gasteiger partial charge in [-0.2, -0.15) is 0 Å². The van der Waals surface area contributed by atoms with Gasteiger partial charge >= 0.3 is 0 Å². The summed E-state index contributed by atoms with van der Waals surface area (Å²) in [5.74, 6) is 0.853. The van der Waals surface area contributed by atoms with Crippen LogP contribution in [-0.4, -0.2) is 37.9 Å². The molecule has 3 N–H and O–H groups in total. The molecule has 0 aromatic carbocycles. The van der Waals surface area contributed by atoms with Crippen molar-refractivity contribution < 1.29 is 9.94 Å². The highest BCUT2D eigenvalue weighted by atomic mass is 16.5. The molecule has 0 spiro atoms. The molecule has 0 aliphatic carbocycles. The number of oxime groups is 1. The van der Waals surface area contributed by atoms with Crippen LogP contribution in [0.1, 0.15) is 22.6 Å². The molecule has 0 radical (unpaired) electrons. The Morgan fingerprint density at radius 1 is 1.45 bits per heavy atom. The molecule has 0 saturated carbocycles. The second-order valence-corrected chi connectivity index (χ2v) is 4.30. The number of nitrogens with two attached hydrogens (primary N) is 1. The number of aromatic nitrogens is 4. The van der Waals surface area contributed by atoms with Gasteiger partial charge in [0.25, 0.3) is 0 Å². The van der Waals surface area contributed by atoms with E-state index >= 15 is 0 Å². The highest BCUT2D eigenvalue weighted by Crippen LogP contribution is 2.24. The zero-order valence-corrected chi connectivity index (χ0v) is 11.5. The van der Waals surface area contributed by atoms with Crippen molar-refractivity contribution in [3.05, 3.63) is 35.2 Å². The third-order valence-electron chi connectivity index (χ3n) is 2.93. The first kappa shape index (κ1) is 13.8. The molecule has 8 heteroatoms. The zero-order chi connectivity index (χ0) is 14.7. The topological polar surface area (TPSA) is 111 Å². The first-order valence-electron chi connectivity index (χ1n) is 5.93. The van der Waals surface area contributed by atoms with Gasteiger partial charge in [-0.3, -0.25) is 4.98 Å². The Balaban J connectivity index is 2.29. The minimum absolute atomic E-state index is 0.130. The Labute approximate surface area is 115 Å². The van der Waals surface area contributed by atoms with E-state index in [9.17, 15) is 0 Å². The summed E-state index contributed by atoms with van der Waals surface area (Å²) < 4.78 is 6.92. The minimum atomic E-state index is -0.130. The van der Waals surface area contributed by atoms with Gasteiger partial charge in [0.15, 0.2) is 0 Å². The number of aryl methyl sites for hydroxylation is 1. The molecule has 2 rings (SSSR count). The molecule has 8 nitrogen and oxygen atoms in total. The van der Waals surface area contributed by atoms with Crippen molar-refractivity contribution in [2.75, 3.05) is 7.11 Å². The lowest BCUT2D eigenvalue weighted by Crippen LogP contribution is -2.16. The third kappa shape index (κ3) is 2.53. The molecule has 0 bridgehead atoms. The first-order chi connectivity index (χ1) is 9.56. The van der Waals surface area contributed by atoms with Gasteiger partial charge in [-0.25, -0.2) is 9.67 Å². The van der Waals surface area contributed by atoms with E-state index in [0.29, 0.717) is 6.54 Å². The van der Waals surface area contributed by atoms with Crippen LogP contribution in [0.3, 0.4) is 0 Å². The summed E-state index contributed by atoms with van der Waals surface area (Å²) in [5.41, 5.74) is 8.17. The van der Waals surface area contributed by atoms with Gasteiger partial charge in [0.1, 0.15) is 12.1 Å². The van der Waals surface area contributed by atoms with Gasteiger partial charge in [-0.1, -0.05) is 5.16 Å². The van der Waals surface area contributed by atoms with Crippen molar-refractivity contribution in [3.8, 4) is 5.75 Å². The van der Waals surface area contributed by atoms with Gasteiger partial charge in [0, 0.05) is 17.3 Å².